The van der Waals surface area contributed by atoms with Crippen LogP contribution in [0, 0.1) is 6.92 Å². The van der Waals surface area contributed by atoms with Crippen molar-refractivity contribution in [1.29, 1.82) is 0 Å². The van der Waals surface area contributed by atoms with Gasteiger partial charge in [0.25, 0.3) is 0 Å². The highest BCUT2D eigenvalue weighted by Gasteiger charge is 2.07. The zero-order chi connectivity index (χ0) is 36.4. The Labute approximate surface area is 321 Å². The van der Waals surface area contributed by atoms with Crippen molar-refractivity contribution in [2.24, 2.45) is 0 Å². The Hall–Kier alpha value is -6.21. The number of aryl methyl sites for hydroxylation is 1. The minimum atomic E-state index is 0. The van der Waals surface area contributed by atoms with E-state index >= 15 is 0 Å². The van der Waals surface area contributed by atoms with Crippen molar-refractivity contribution in [3.8, 4) is 45.6 Å². The van der Waals surface area contributed by atoms with Gasteiger partial charge in [0.1, 0.15) is 28.5 Å². The predicted octanol–water partition coefficient (Wildman–Crippen LogP) is 9.06. The quantitative estimate of drug-likeness (QED) is 0.168. The molecule has 0 amide bonds. The van der Waals surface area contributed by atoms with Crippen molar-refractivity contribution in [2.45, 2.75) is 14.4 Å². The normalized spacial score (nSPS) is 9.74. The first-order chi connectivity index (χ1) is 25.4. The topological polar surface area (TPSA) is 155 Å². The maximum Gasteiger partial charge on any atom is 0.151 e. The highest BCUT2D eigenvalue weighted by Crippen LogP contribution is 2.19. The highest BCUT2D eigenvalue weighted by atomic mass is 35.5. The molecule has 15 heteroatoms. The van der Waals surface area contributed by atoms with Crippen LogP contribution in [0.15, 0.2) is 146 Å². The Morgan fingerprint density at radius 3 is 0.811 bits per heavy atom. The molecular formula is C38H31Cl3N12. The van der Waals surface area contributed by atoms with E-state index in [1.54, 1.807) is 49.1 Å². The summed E-state index contributed by atoms with van der Waals surface area (Å²) >= 11 is 16.4. The zero-order valence-corrected chi connectivity index (χ0v) is 29.6. The average Bonchev–Trinajstić information content (AvgIpc) is 3.21. The minimum Gasteiger partial charge on any atom is -0.262 e. The number of halogens is 3. The fraction of sp³-hybridized carbons (Fsp3) is 0.0526. The molecule has 12 nitrogen and oxygen atoms in total. The summed E-state index contributed by atoms with van der Waals surface area (Å²) in [6.45, 7) is 1.97. The number of hydrogen-bond donors (Lipinski definition) is 0. The molecule has 0 atom stereocenters. The van der Waals surface area contributed by atoms with Crippen LogP contribution in [-0.2, 0) is 0 Å². The number of pyridine rings is 4. The van der Waals surface area contributed by atoms with Crippen molar-refractivity contribution < 1.29 is 0 Å². The van der Waals surface area contributed by atoms with Crippen LogP contribution in [0.1, 0.15) is 13.1 Å². The monoisotopic (exact) mass is 760 g/mol. The van der Waals surface area contributed by atoms with Crippen molar-refractivity contribution in [3.05, 3.63) is 167 Å². The Bertz CT molecular complexity index is 2080. The van der Waals surface area contributed by atoms with Crippen LogP contribution in [0.5, 0.6) is 0 Å². The lowest BCUT2D eigenvalue weighted by Gasteiger charge is -2.02. The summed E-state index contributed by atoms with van der Waals surface area (Å²) in [7, 11) is 0. The summed E-state index contributed by atoms with van der Waals surface area (Å²) in [5, 5.41) is 32.5. The molecule has 264 valence electrons. The molecule has 8 aromatic heterocycles. The number of hydrogen-bond acceptors (Lipinski definition) is 12. The summed E-state index contributed by atoms with van der Waals surface area (Å²) in [5.41, 5.74) is 6.93. The molecule has 0 aliphatic rings. The lowest BCUT2D eigenvalue weighted by atomic mass is 10.2. The van der Waals surface area contributed by atoms with Gasteiger partial charge in [-0.2, -0.15) is 0 Å². The molecule has 0 fully saturated rings. The van der Waals surface area contributed by atoms with E-state index in [1.807, 2.05) is 104 Å². The largest absolute Gasteiger partial charge is 0.262 e. The van der Waals surface area contributed by atoms with Crippen molar-refractivity contribution in [3.63, 3.8) is 0 Å². The molecule has 0 saturated heterocycles. The molecule has 0 aromatic carbocycles. The summed E-state index contributed by atoms with van der Waals surface area (Å²) in [6, 6.07) is 37.0. The number of rotatable bonds is 4. The third-order valence-electron chi connectivity index (χ3n) is 6.42. The third kappa shape index (κ3) is 13.1. The van der Waals surface area contributed by atoms with E-state index < -0.39 is 0 Å². The van der Waals surface area contributed by atoms with E-state index in [4.69, 9.17) is 34.8 Å². The van der Waals surface area contributed by atoms with E-state index in [0.717, 1.165) is 39.9 Å². The number of aromatic nitrogens is 12. The molecule has 8 aromatic rings. The van der Waals surface area contributed by atoms with Gasteiger partial charge in [0, 0.05) is 30.5 Å². The highest BCUT2D eigenvalue weighted by molar-refractivity contribution is 6.31. The van der Waals surface area contributed by atoms with Gasteiger partial charge in [0.2, 0.25) is 0 Å². The standard InChI is InChI=1S/C18H12N6.C9H6ClN3.C6H7N.C4H2Cl2N2.CH4/c1-3-11-19-13(5-1)15-7-9-17(23-21-15)18-10-8-16(22-24-18)14-6-2-4-12-20-14;10-9-5-4-8(12-13-9)7-3-1-2-6-11-7;1-6-4-2-3-5-7-6;5-3-1-2-4(6)8-7-3;/h1-12H;1-6H;2-5H,1H3;1-2H;1H4. The fourth-order valence-corrected chi connectivity index (χ4v) is 4.26. The minimum absolute atomic E-state index is 0. The number of nitrogens with zero attached hydrogens (tertiary/aromatic N) is 12. The summed E-state index contributed by atoms with van der Waals surface area (Å²) in [4.78, 5) is 16.6. The van der Waals surface area contributed by atoms with E-state index in [1.165, 1.54) is 0 Å². The van der Waals surface area contributed by atoms with Crippen LogP contribution >= 0.6 is 34.8 Å². The molecule has 0 unspecified atom stereocenters. The molecule has 0 radical (unpaired) electrons. The molecule has 0 saturated carbocycles. The average molecular weight is 762 g/mol. The maximum atomic E-state index is 5.61. The fourth-order valence-electron chi connectivity index (χ4n) is 3.95. The summed E-state index contributed by atoms with van der Waals surface area (Å²) in [6.07, 6.45) is 6.96. The van der Waals surface area contributed by atoms with Gasteiger partial charge in [-0.3, -0.25) is 19.9 Å². The molecule has 0 aliphatic carbocycles. The molecule has 0 spiro atoms. The Morgan fingerprint density at radius 1 is 0.302 bits per heavy atom. The molecular weight excluding hydrogens is 731 g/mol. The van der Waals surface area contributed by atoms with Gasteiger partial charge in [-0.25, -0.2) is 0 Å². The first kappa shape index (κ1) is 39.6. The molecule has 0 aliphatic heterocycles. The van der Waals surface area contributed by atoms with E-state index in [9.17, 15) is 0 Å². The van der Waals surface area contributed by atoms with Gasteiger partial charge in [-0.05, 0) is 104 Å². The molecule has 8 heterocycles. The van der Waals surface area contributed by atoms with Crippen LogP contribution in [-0.4, -0.2) is 60.7 Å². The van der Waals surface area contributed by atoms with Crippen molar-refractivity contribution >= 4 is 34.8 Å². The predicted molar refractivity (Wildman–Crippen MR) is 208 cm³/mol. The molecule has 53 heavy (non-hydrogen) atoms. The van der Waals surface area contributed by atoms with Crippen molar-refractivity contribution in [1.82, 2.24) is 60.7 Å². The van der Waals surface area contributed by atoms with Gasteiger partial charge in [-0.1, -0.05) is 66.5 Å². The third-order valence-corrected chi connectivity index (χ3v) is 7.02. The van der Waals surface area contributed by atoms with E-state index in [-0.39, 0.29) is 7.43 Å². The van der Waals surface area contributed by atoms with E-state index in [2.05, 4.69) is 60.7 Å². The van der Waals surface area contributed by atoms with Gasteiger partial charge in [-0.15, -0.1) is 40.8 Å². The van der Waals surface area contributed by atoms with E-state index in [0.29, 0.717) is 26.8 Å². The summed E-state index contributed by atoms with van der Waals surface area (Å²) < 4.78 is 0. The Balaban J connectivity index is 0.000000180. The second-order valence-electron chi connectivity index (χ2n) is 10.1. The summed E-state index contributed by atoms with van der Waals surface area (Å²) in [5.74, 6) is 0. The van der Waals surface area contributed by atoms with Crippen LogP contribution < -0.4 is 0 Å². The smallest absolute Gasteiger partial charge is 0.151 e. The second-order valence-corrected chi connectivity index (χ2v) is 11.3. The second kappa shape index (κ2) is 21.2. The lowest BCUT2D eigenvalue weighted by molar-refractivity contribution is 0.989. The van der Waals surface area contributed by atoms with Crippen LogP contribution in [0.2, 0.25) is 15.5 Å². The Kier molecular flexibility index (Phi) is 15.8. The molecule has 8 rings (SSSR count). The first-order valence-electron chi connectivity index (χ1n) is 15.4. The first-order valence-corrected chi connectivity index (χ1v) is 16.5. The maximum absolute atomic E-state index is 5.61. The van der Waals surface area contributed by atoms with Crippen LogP contribution in [0.4, 0.5) is 0 Å². The van der Waals surface area contributed by atoms with Gasteiger partial charge in [0.15, 0.2) is 15.5 Å². The lowest BCUT2D eigenvalue weighted by Crippen LogP contribution is -1.96. The van der Waals surface area contributed by atoms with Gasteiger partial charge >= 0.3 is 0 Å². The zero-order valence-electron chi connectivity index (χ0n) is 27.4. The van der Waals surface area contributed by atoms with Crippen molar-refractivity contribution in [2.75, 3.05) is 0 Å². The van der Waals surface area contributed by atoms with Gasteiger partial charge < -0.3 is 0 Å². The van der Waals surface area contributed by atoms with Gasteiger partial charge in [0.05, 0.1) is 17.1 Å². The molecule has 0 N–H and O–H groups in total. The van der Waals surface area contributed by atoms with Crippen LogP contribution in [0.25, 0.3) is 45.6 Å². The Morgan fingerprint density at radius 2 is 0.585 bits per heavy atom. The van der Waals surface area contributed by atoms with Crippen LogP contribution in [0.3, 0.4) is 0 Å². The molecule has 0 bridgehead atoms. The SMILES string of the molecule is C.Cc1ccccn1.Clc1ccc(-c2ccccn2)nn1.Clc1ccc(Cl)nn1.c1ccc(-c2ccc(-c3ccc(-c4ccccn4)nn3)nn2)nc1.